The predicted molar refractivity (Wildman–Crippen MR) is 86.1 cm³/mol. The van der Waals surface area contributed by atoms with Gasteiger partial charge in [-0.05, 0) is 40.8 Å². The first-order valence-corrected chi connectivity index (χ1v) is 7.68. The van der Waals surface area contributed by atoms with Crippen LogP contribution in [0.2, 0.25) is 0 Å². The van der Waals surface area contributed by atoms with Crippen molar-refractivity contribution in [2.75, 3.05) is 12.4 Å². The van der Waals surface area contributed by atoms with E-state index in [9.17, 15) is 0 Å². The van der Waals surface area contributed by atoms with E-state index in [2.05, 4.69) is 60.6 Å². The van der Waals surface area contributed by atoms with Crippen molar-refractivity contribution in [3.05, 3.63) is 15.1 Å². The second-order valence-corrected chi connectivity index (χ2v) is 6.89. The summed E-state index contributed by atoms with van der Waals surface area (Å²) in [5.74, 6) is 1.94. The first-order chi connectivity index (χ1) is 8.37. The molecule has 0 amide bonds. The Morgan fingerprint density at radius 3 is 2.33 bits per heavy atom. The quantitative estimate of drug-likeness (QED) is 0.804. The van der Waals surface area contributed by atoms with Crippen LogP contribution in [0.15, 0.2) is 0 Å². The fraction of sp³-hybridized carbons (Fsp3) is 0.714. The van der Waals surface area contributed by atoms with Gasteiger partial charge in [0, 0.05) is 13.5 Å². The van der Waals surface area contributed by atoms with Crippen molar-refractivity contribution < 1.29 is 0 Å². The summed E-state index contributed by atoms with van der Waals surface area (Å²) in [7, 11) is 1.92. The van der Waals surface area contributed by atoms with E-state index in [1.165, 1.54) is 5.69 Å². The molecule has 0 aliphatic heterocycles. The van der Waals surface area contributed by atoms with Gasteiger partial charge < -0.3 is 5.32 Å². The molecule has 18 heavy (non-hydrogen) atoms. The molecule has 0 atom stereocenters. The van der Waals surface area contributed by atoms with Crippen LogP contribution < -0.4 is 5.32 Å². The fourth-order valence-electron chi connectivity index (χ4n) is 1.71. The van der Waals surface area contributed by atoms with Crippen molar-refractivity contribution in [3.63, 3.8) is 0 Å². The van der Waals surface area contributed by atoms with E-state index in [1.54, 1.807) is 0 Å². The number of aromatic nitrogens is 2. The van der Waals surface area contributed by atoms with Gasteiger partial charge in [0.05, 0.1) is 9.26 Å². The molecular formula is C14H24IN3. The van der Waals surface area contributed by atoms with Crippen molar-refractivity contribution in [3.8, 4) is 0 Å². The Balaban J connectivity index is 2.95. The first kappa shape index (κ1) is 15.7. The standard InChI is InChI=1S/C14H24IN3/c1-6-7-10-12(15)13(16-5)18-11(17-10)8-9-14(2,3)4/h6-9H2,1-5H3,(H,16,17,18). The number of halogens is 1. The third-order valence-electron chi connectivity index (χ3n) is 2.79. The smallest absolute Gasteiger partial charge is 0.143 e. The normalized spacial score (nSPS) is 11.7. The minimum absolute atomic E-state index is 0.330. The molecule has 0 spiro atoms. The van der Waals surface area contributed by atoms with Gasteiger partial charge in [0.2, 0.25) is 0 Å². The van der Waals surface area contributed by atoms with Crippen molar-refractivity contribution in [2.45, 2.75) is 53.4 Å². The Morgan fingerprint density at radius 2 is 1.83 bits per heavy atom. The second-order valence-electron chi connectivity index (χ2n) is 5.81. The van der Waals surface area contributed by atoms with Crippen LogP contribution in [0.5, 0.6) is 0 Å². The molecule has 0 saturated heterocycles. The Hall–Kier alpha value is -0.390. The molecule has 0 saturated carbocycles. The summed E-state index contributed by atoms with van der Waals surface area (Å²) >= 11 is 2.34. The predicted octanol–water partition coefficient (Wildman–Crippen LogP) is 4.05. The summed E-state index contributed by atoms with van der Waals surface area (Å²) < 4.78 is 1.16. The summed E-state index contributed by atoms with van der Waals surface area (Å²) in [6.45, 7) is 8.95. The molecule has 4 heteroatoms. The van der Waals surface area contributed by atoms with E-state index in [0.717, 1.165) is 40.9 Å². The molecule has 0 aliphatic rings. The Bertz CT molecular complexity index is 397. The topological polar surface area (TPSA) is 37.8 Å². The molecule has 102 valence electrons. The monoisotopic (exact) mass is 361 g/mol. The van der Waals surface area contributed by atoms with Crippen molar-refractivity contribution >= 4 is 28.4 Å². The van der Waals surface area contributed by atoms with Crippen LogP contribution in [0.25, 0.3) is 0 Å². The average Bonchev–Trinajstić information content (AvgIpc) is 2.29. The SMILES string of the molecule is CCCc1nc(CCC(C)(C)C)nc(NC)c1I. The zero-order valence-corrected chi connectivity index (χ0v) is 14.3. The number of hydrogen-bond acceptors (Lipinski definition) is 3. The number of rotatable bonds is 5. The highest BCUT2D eigenvalue weighted by atomic mass is 127. The van der Waals surface area contributed by atoms with E-state index in [0.29, 0.717) is 5.41 Å². The van der Waals surface area contributed by atoms with Crippen LogP contribution in [0.4, 0.5) is 5.82 Å². The molecule has 0 unspecified atom stereocenters. The summed E-state index contributed by atoms with van der Waals surface area (Å²) in [5.41, 5.74) is 1.51. The molecule has 0 aromatic carbocycles. The molecule has 3 nitrogen and oxygen atoms in total. The number of nitrogens with one attached hydrogen (secondary N) is 1. The molecule has 1 rings (SSSR count). The molecule has 1 heterocycles. The van der Waals surface area contributed by atoms with Gasteiger partial charge >= 0.3 is 0 Å². The number of anilines is 1. The minimum atomic E-state index is 0.330. The van der Waals surface area contributed by atoms with Crippen molar-refractivity contribution in [2.24, 2.45) is 5.41 Å². The Labute approximate surface area is 124 Å². The van der Waals surface area contributed by atoms with E-state index in [4.69, 9.17) is 4.98 Å². The zero-order valence-electron chi connectivity index (χ0n) is 12.1. The first-order valence-electron chi connectivity index (χ1n) is 6.60. The van der Waals surface area contributed by atoms with Crippen LogP contribution >= 0.6 is 22.6 Å². The van der Waals surface area contributed by atoms with Gasteiger partial charge in [-0.1, -0.05) is 34.1 Å². The molecule has 0 bridgehead atoms. The summed E-state index contributed by atoms with van der Waals surface area (Å²) in [4.78, 5) is 9.32. The van der Waals surface area contributed by atoms with Crippen molar-refractivity contribution in [1.29, 1.82) is 0 Å². The van der Waals surface area contributed by atoms with Gasteiger partial charge in [-0.25, -0.2) is 9.97 Å². The average molecular weight is 361 g/mol. The Kier molecular flexibility index (Phi) is 5.82. The lowest BCUT2D eigenvalue weighted by atomic mass is 9.90. The largest absolute Gasteiger partial charge is 0.372 e. The molecule has 0 fully saturated rings. The van der Waals surface area contributed by atoms with E-state index < -0.39 is 0 Å². The summed E-state index contributed by atoms with van der Waals surface area (Å²) in [5, 5.41) is 3.17. The Morgan fingerprint density at radius 1 is 1.17 bits per heavy atom. The molecule has 1 aromatic rings. The lowest BCUT2D eigenvalue weighted by Gasteiger charge is -2.18. The number of nitrogens with zero attached hydrogens (tertiary/aromatic N) is 2. The third-order valence-corrected chi connectivity index (χ3v) is 3.92. The van der Waals surface area contributed by atoms with Crippen LogP contribution in [-0.4, -0.2) is 17.0 Å². The van der Waals surface area contributed by atoms with Gasteiger partial charge in [-0.3, -0.25) is 0 Å². The van der Waals surface area contributed by atoms with Crippen molar-refractivity contribution in [1.82, 2.24) is 9.97 Å². The highest BCUT2D eigenvalue weighted by molar-refractivity contribution is 14.1. The van der Waals surface area contributed by atoms with E-state index in [1.807, 2.05) is 7.05 Å². The van der Waals surface area contributed by atoms with Gasteiger partial charge in [0.1, 0.15) is 11.6 Å². The minimum Gasteiger partial charge on any atom is -0.372 e. The van der Waals surface area contributed by atoms with Gasteiger partial charge in [-0.15, -0.1) is 0 Å². The fourth-order valence-corrected chi connectivity index (χ4v) is 2.49. The second kappa shape index (κ2) is 6.68. The van der Waals surface area contributed by atoms with Gasteiger partial charge in [-0.2, -0.15) is 0 Å². The lowest BCUT2D eigenvalue weighted by Crippen LogP contribution is -2.11. The number of hydrogen-bond donors (Lipinski definition) is 1. The van der Waals surface area contributed by atoms with Gasteiger partial charge in [0.25, 0.3) is 0 Å². The van der Waals surface area contributed by atoms with Crippen LogP contribution in [-0.2, 0) is 12.8 Å². The maximum absolute atomic E-state index is 4.72. The van der Waals surface area contributed by atoms with E-state index >= 15 is 0 Å². The molecule has 0 radical (unpaired) electrons. The lowest BCUT2D eigenvalue weighted by molar-refractivity contribution is 0.374. The summed E-state index contributed by atoms with van der Waals surface area (Å²) in [6, 6.07) is 0. The highest BCUT2D eigenvalue weighted by Gasteiger charge is 2.14. The molecule has 1 N–H and O–H groups in total. The van der Waals surface area contributed by atoms with E-state index in [-0.39, 0.29) is 0 Å². The van der Waals surface area contributed by atoms with Crippen LogP contribution in [0.1, 0.15) is 52.1 Å². The zero-order chi connectivity index (χ0) is 13.8. The maximum atomic E-state index is 4.72. The third kappa shape index (κ3) is 4.71. The summed E-state index contributed by atoms with van der Waals surface area (Å²) in [6.07, 6.45) is 4.21. The number of aryl methyl sites for hydroxylation is 2. The van der Waals surface area contributed by atoms with Crippen LogP contribution in [0.3, 0.4) is 0 Å². The highest BCUT2D eigenvalue weighted by Crippen LogP contribution is 2.23. The molecule has 1 aromatic heterocycles. The van der Waals surface area contributed by atoms with Gasteiger partial charge in [0.15, 0.2) is 0 Å². The molecular weight excluding hydrogens is 337 g/mol. The molecule has 0 aliphatic carbocycles. The maximum Gasteiger partial charge on any atom is 0.143 e. The van der Waals surface area contributed by atoms with Crippen LogP contribution in [0, 0.1) is 8.99 Å².